The van der Waals surface area contributed by atoms with E-state index in [2.05, 4.69) is 10.6 Å². The molecular weight excluding hydrogens is 216 g/mol. The van der Waals surface area contributed by atoms with Crippen molar-refractivity contribution in [1.82, 2.24) is 10.6 Å². The second-order valence-electron chi connectivity index (χ2n) is 3.55. The van der Waals surface area contributed by atoms with E-state index in [1.54, 1.807) is 13.8 Å². The largest absolute Gasteiger partial charge is 0.355 e. The minimum absolute atomic E-state index is 0.0735. The Morgan fingerprint density at radius 2 is 1.93 bits per heavy atom. The minimum atomic E-state index is -3.00. The molecule has 0 aromatic carbocycles. The summed E-state index contributed by atoms with van der Waals surface area (Å²) in [5.41, 5.74) is 0. The third-order valence-electron chi connectivity index (χ3n) is 1.94. The van der Waals surface area contributed by atoms with E-state index in [9.17, 15) is 13.2 Å². The smallest absolute Gasteiger partial charge is 0.233 e. The Bertz CT molecular complexity index is 286. The summed E-state index contributed by atoms with van der Waals surface area (Å²) in [5.74, 6) is -0.0381. The Morgan fingerprint density at radius 1 is 1.33 bits per heavy atom. The molecule has 6 heteroatoms. The first-order valence-electron chi connectivity index (χ1n) is 5.09. The maximum Gasteiger partial charge on any atom is 0.233 e. The molecule has 0 saturated carbocycles. The van der Waals surface area contributed by atoms with Gasteiger partial charge in [0, 0.05) is 13.1 Å². The van der Waals surface area contributed by atoms with Crippen LogP contribution in [-0.4, -0.2) is 45.0 Å². The van der Waals surface area contributed by atoms with E-state index < -0.39 is 9.84 Å². The molecule has 0 aliphatic heterocycles. The van der Waals surface area contributed by atoms with Crippen molar-refractivity contribution in [3.8, 4) is 0 Å². The van der Waals surface area contributed by atoms with E-state index in [1.807, 2.05) is 6.92 Å². The van der Waals surface area contributed by atoms with Gasteiger partial charge in [0.15, 0.2) is 9.84 Å². The van der Waals surface area contributed by atoms with Gasteiger partial charge in [0.1, 0.15) is 0 Å². The molecule has 0 aliphatic rings. The van der Waals surface area contributed by atoms with Crippen LogP contribution in [-0.2, 0) is 14.6 Å². The quantitative estimate of drug-likeness (QED) is 0.586. The summed E-state index contributed by atoms with van der Waals surface area (Å²) >= 11 is 0. The summed E-state index contributed by atoms with van der Waals surface area (Å²) < 4.78 is 22.7. The Labute approximate surface area is 91.5 Å². The summed E-state index contributed by atoms with van der Waals surface area (Å²) in [6.45, 7) is 6.21. The normalized spacial score (nSPS) is 11.7. The fraction of sp³-hybridized carbons (Fsp3) is 0.889. The highest BCUT2D eigenvalue weighted by Gasteiger charge is 2.14. The molecule has 0 atom stereocenters. The lowest BCUT2D eigenvalue weighted by Crippen LogP contribution is -2.36. The molecule has 0 saturated heterocycles. The van der Waals surface area contributed by atoms with E-state index in [4.69, 9.17) is 0 Å². The summed E-state index contributed by atoms with van der Waals surface area (Å²) in [4.78, 5) is 11.0. The molecule has 15 heavy (non-hydrogen) atoms. The lowest BCUT2D eigenvalue weighted by Gasteiger charge is -2.08. The monoisotopic (exact) mass is 236 g/mol. The van der Waals surface area contributed by atoms with E-state index in [0.717, 1.165) is 0 Å². The van der Waals surface area contributed by atoms with Crippen LogP contribution < -0.4 is 10.6 Å². The Hall–Kier alpha value is -0.620. The van der Waals surface area contributed by atoms with E-state index in [-0.39, 0.29) is 23.5 Å². The molecular formula is C9H20N2O3S. The van der Waals surface area contributed by atoms with Crippen LogP contribution in [0.15, 0.2) is 0 Å². The van der Waals surface area contributed by atoms with Gasteiger partial charge in [-0.05, 0) is 20.8 Å². The summed E-state index contributed by atoms with van der Waals surface area (Å²) in [6, 6.07) is 0. The summed E-state index contributed by atoms with van der Waals surface area (Å²) in [5, 5.41) is 5.05. The Balaban J connectivity index is 3.68. The molecule has 0 aromatic rings. The van der Waals surface area contributed by atoms with Crippen molar-refractivity contribution in [2.45, 2.75) is 26.0 Å². The molecule has 0 aliphatic carbocycles. The molecule has 90 valence electrons. The highest BCUT2D eigenvalue weighted by Crippen LogP contribution is 1.98. The van der Waals surface area contributed by atoms with Gasteiger partial charge >= 0.3 is 0 Å². The van der Waals surface area contributed by atoms with Gasteiger partial charge in [-0.2, -0.15) is 0 Å². The maximum absolute atomic E-state index is 11.4. The van der Waals surface area contributed by atoms with Crippen molar-refractivity contribution in [3.05, 3.63) is 0 Å². The second kappa shape index (κ2) is 6.79. The van der Waals surface area contributed by atoms with Crippen LogP contribution in [0.2, 0.25) is 0 Å². The molecule has 5 nitrogen and oxygen atoms in total. The number of carbonyl (C=O) groups excluding carboxylic acids is 1. The fourth-order valence-corrected chi connectivity index (χ4v) is 1.81. The predicted molar refractivity (Wildman–Crippen MR) is 60.5 cm³/mol. The van der Waals surface area contributed by atoms with Gasteiger partial charge in [0.2, 0.25) is 5.91 Å². The molecule has 0 radical (unpaired) electrons. The first kappa shape index (κ1) is 14.4. The molecule has 0 spiro atoms. The molecule has 0 unspecified atom stereocenters. The van der Waals surface area contributed by atoms with Crippen LogP contribution in [0.1, 0.15) is 20.8 Å². The number of carbonyl (C=O) groups is 1. The van der Waals surface area contributed by atoms with Crippen molar-refractivity contribution in [2.24, 2.45) is 0 Å². The molecule has 0 rings (SSSR count). The van der Waals surface area contributed by atoms with Gasteiger partial charge in [-0.3, -0.25) is 4.79 Å². The zero-order valence-corrected chi connectivity index (χ0v) is 10.4. The van der Waals surface area contributed by atoms with Crippen LogP contribution in [0.4, 0.5) is 0 Å². The van der Waals surface area contributed by atoms with E-state index >= 15 is 0 Å². The number of nitrogens with one attached hydrogen (secondary N) is 2. The Morgan fingerprint density at radius 3 is 2.40 bits per heavy atom. The lowest BCUT2D eigenvalue weighted by atomic mass is 10.5. The van der Waals surface area contributed by atoms with E-state index in [0.29, 0.717) is 13.1 Å². The lowest BCUT2D eigenvalue weighted by molar-refractivity contribution is -0.120. The van der Waals surface area contributed by atoms with Crippen molar-refractivity contribution in [2.75, 3.05) is 25.4 Å². The minimum Gasteiger partial charge on any atom is -0.355 e. The van der Waals surface area contributed by atoms with Crippen LogP contribution >= 0.6 is 0 Å². The number of sulfone groups is 1. The predicted octanol–water partition coefficient (Wildman–Crippen LogP) is -0.465. The van der Waals surface area contributed by atoms with Crippen LogP contribution in [0.3, 0.4) is 0 Å². The second-order valence-corrected chi connectivity index (χ2v) is 6.22. The number of rotatable bonds is 7. The maximum atomic E-state index is 11.4. The van der Waals surface area contributed by atoms with Crippen molar-refractivity contribution < 1.29 is 13.2 Å². The van der Waals surface area contributed by atoms with Crippen LogP contribution in [0, 0.1) is 0 Å². The highest BCUT2D eigenvalue weighted by atomic mass is 32.2. The number of hydrogen-bond acceptors (Lipinski definition) is 4. The third kappa shape index (κ3) is 6.46. The van der Waals surface area contributed by atoms with Gasteiger partial charge in [0.05, 0.1) is 17.5 Å². The molecule has 0 heterocycles. The van der Waals surface area contributed by atoms with Crippen molar-refractivity contribution >= 4 is 15.7 Å². The number of likely N-dealkylation sites (N-methyl/N-ethyl adjacent to an activating group) is 1. The molecule has 0 bridgehead atoms. The van der Waals surface area contributed by atoms with Gasteiger partial charge in [-0.25, -0.2) is 8.42 Å². The molecule has 2 N–H and O–H groups in total. The van der Waals surface area contributed by atoms with Crippen LogP contribution in [0.5, 0.6) is 0 Å². The first-order chi connectivity index (χ1) is 6.90. The zero-order chi connectivity index (χ0) is 11.9. The summed E-state index contributed by atoms with van der Waals surface area (Å²) in [7, 11) is -3.00. The number of hydrogen-bond donors (Lipinski definition) is 2. The van der Waals surface area contributed by atoms with Gasteiger partial charge in [0.25, 0.3) is 0 Å². The Kier molecular flexibility index (Phi) is 6.51. The van der Waals surface area contributed by atoms with E-state index in [1.165, 1.54) is 0 Å². The van der Waals surface area contributed by atoms with Gasteiger partial charge in [-0.1, -0.05) is 0 Å². The highest BCUT2D eigenvalue weighted by molar-refractivity contribution is 7.92. The molecule has 0 aromatic heterocycles. The molecule has 1 amide bonds. The summed E-state index contributed by atoms with van der Waals surface area (Å²) in [6.07, 6.45) is 0. The van der Waals surface area contributed by atoms with Crippen molar-refractivity contribution in [3.63, 3.8) is 0 Å². The van der Waals surface area contributed by atoms with Crippen molar-refractivity contribution in [1.29, 1.82) is 0 Å². The third-order valence-corrected chi connectivity index (χ3v) is 4.15. The zero-order valence-electron chi connectivity index (χ0n) is 9.54. The fourth-order valence-electron chi connectivity index (χ4n) is 0.912. The van der Waals surface area contributed by atoms with Gasteiger partial charge < -0.3 is 10.6 Å². The first-order valence-corrected chi connectivity index (χ1v) is 6.80. The SMILES string of the molecule is CCNC(=O)CNCCS(=O)(=O)C(C)C. The average molecular weight is 236 g/mol. The standard InChI is InChI=1S/C9H20N2O3S/c1-4-11-9(12)7-10-5-6-15(13,14)8(2)3/h8,10H,4-7H2,1-3H3,(H,11,12). The number of amides is 1. The molecule has 0 fully saturated rings. The topological polar surface area (TPSA) is 75.3 Å². The van der Waals surface area contributed by atoms with Crippen LogP contribution in [0.25, 0.3) is 0 Å². The average Bonchev–Trinajstić information content (AvgIpc) is 2.13. The van der Waals surface area contributed by atoms with Gasteiger partial charge in [-0.15, -0.1) is 0 Å².